The highest BCUT2D eigenvalue weighted by Gasteiger charge is 2.15. The Morgan fingerprint density at radius 2 is 1.33 bits per heavy atom. The zero-order valence-electron chi connectivity index (χ0n) is 8.92. The van der Waals surface area contributed by atoms with E-state index >= 15 is 0 Å². The first-order valence-corrected chi connectivity index (χ1v) is 4.52. The van der Waals surface area contributed by atoms with E-state index in [1.807, 2.05) is 6.07 Å². The second-order valence-electron chi connectivity index (χ2n) is 3.42. The summed E-state index contributed by atoms with van der Waals surface area (Å²) in [4.78, 5) is 21.7. The van der Waals surface area contributed by atoms with E-state index in [4.69, 9.17) is 5.26 Å². The third-order valence-corrected chi connectivity index (χ3v) is 2.71. The average molecular weight is 201 g/mol. The third kappa shape index (κ3) is 1.55. The molecule has 0 amide bonds. The largest absolute Gasteiger partial charge is 0.298 e. The van der Waals surface area contributed by atoms with E-state index in [-0.39, 0.29) is 0 Å². The lowest BCUT2D eigenvalue weighted by Crippen LogP contribution is -2.04. The van der Waals surface area contributed by atoms with Crippen LogP contribution in [0.4, 0.5) is 0 Å². The summed E-state index contributed by atoms with van der Waals surface area (Å²) in [6, 6.07) is 2.02. The predicted molar refractivity (Wildman–Crippen MR) is 56.1 cm³/mol. The van der Waals surface area contributed by atoms with Crippen molar-refractivity contribution in [2.24, 2.45) is 0 Å². The minimum Gasteiger partial charge on any atom is -0.298 e. The Balaban J connectivity index is 3.82. The van der Waals surface area contributed by atoms with Gasteiger partial charge in [0.05, 0.1) is 11.6 Å². The Labute approximate surface area is 88.3 Å². The van der Waals surface area contributed by atoms with Gasteiger partial charge in [-0.1, -0.05) is 0 Å². The van der Waals surface area contributed by atoms with E-state index in [0.717, 1.165) is 0 Å². The molecule has 0 aromatic heterocycles. The summed E-state index contributed by atoms with van der Waals surface area (Å²) >= 11 is 0. The Hall–Kier alpha value is -1.95. The SMILES string of the molecule is Cc1c(C#N)c(C)c(C=O)c(C)c1C=O. The molecule has 0 atom stereocenters. The summed E-state index contributed by atoms with van der Waals surface area (Å²) in [5.41, 5.74) is 3.25. The van der Waals surface area contributed by atoms with Gasteiger partial charge in [0.15, 0.2) is 12.6 Å². The van der Waals surface area contributed by atoms with Crippen LogP contribution < -0.4 is 0 Å². The zero-order valence-corrected chi connectivity index (χ0v) is 8.92. The minimum atomic E-state index is 0.421. The smallest absolute Gasteiger partial charge is 0.150 e. The highest BCUT2D eigenvalue weighted by molar-refractivity contribution is 5.90. The second kappa shape index (κ2) is 4.05. The van der Waals surface area contributed by atoms with Crippen LogP contribution in [0.5, 0.6) is 0 Å². The van der Waals surface area contributed by atoms with Gasteiger partial charge in [-0.2, -0.15) is 5.26 Å². The summed E-state index contributed by atoms with van der Waals surface area (Å²) in [5, 5.41) is 8.95. The van der Waals surface area contributed by atoms with Crippen molar-refractivity contribution >= 4 is 12.6 Å². The molecule has 0 fully saturated rings. The van der Waals surface area contributed by atoms with Crippen LogP contribution in [0.1, 0.15) is 43.0 Å². The van der Waals surface area contributed by atoms with Gasteiger partial charge < -0.3 is 0 Å². The average Bonchev–Trinajstić information content (AvgIpc) is 2.19. The van der Waals surface area contributed by atoms with Gasteiger partial charge in [0.2, 0.25) is 0 Å². The third-order valence-electron chi connectivity index (χ3n) is 2.71. The standard InChI is InChI=1S/C12H11NO2/c1-7-10(4-13)8(2)12(6-15)9(3)11(7)5-14/h5-6H,1-3H3. The number of aldehydes is 2. The summed E-state index contributed by atoms with van der Waals surface area (Å²) in [7, 11) is 0. The second-order valence-corrected chi connectivity index (χ2v) is 3.42. The fourth-order valence-corrected chi connectivity index (χ4v) is 1.78. The van der Waals surface area contributed by atoms with Crippen LogP contribution in [0.25, 0.3) is 0 Å². The van der Waals surface area contributed by atoms with E-state index in [1.165, 1.54) is 0 Å². The predicted octanol–water partition coefficient (Wildman–Crippen LogP) is 2.11. The maximum atomic E-state index is 10.9. The van der Waals surface area contributed by atoms with Gasteiger partial charge in [-0.05, 0) is 37.5 Å². The first kappa shape index (κ1) is 11.1. The lowest BCUT2D eigenvalue weighted by atomic mass is 9.90. The summed E-state index contributed by atoms with van der Waals surface area (Å²) < 4.78 is 0. The van der Waals surface area contributed by atoms with Crippen molar-refractivity contribution in [3.05, 3.63) is 33.4 Å². The van der Waals surface area contributed by atoms with E-state index in [1.54, 1.807) is 20.8 Å². The van der Waals surface area contributed by atoms with E-state index in [9.17, 15) is 9.59 Å². The quantitative estimate of drug-likeness (QED) is 0.688. The molecule has 0 radical (unpaired) electrons. The number of carbonyl (C=O) groups is 2. The van der Waals surface area contributed by atoms with Crippen LogP contribution in [-0.4, -0.2) is 12.6 Å². The maximum absolute atomic E-state index is 10.9. The van der Waals surface area contributed by atoms with Crippen LogP contribution in [-0.2, 0) is 0 Å². The van der Waals surface area contributed by atoms with Crippen LogP contribution >= 0.6 is 0 Å². The summed E-state index contributed by atoms with van der Waals surface area (Å²) in [6.07, 6.45) is 1.38. The van der Waals surface area contributed by atoms with Gasteiger partial charge >= 0.3 is 0 Å². The molecule has 15 heavy (non-hydrogen) atoms. The van der Waals surface area contributed by atoms with Gasteiger partial charge in [0.25, 0.3) is 0 Å². The number of rotatable bonds is 2. The first-order valence-electron chi connectivity index (χ1n) is 4.52. The molecule has 0 aliphatic rings. The van der Waals surface area contributed by atoms with Crippen LogP contribution in [0.2, 0.25) is 0 Å². The fraction of sp³-hybridized carbons (Fsp3) is 0.250. The molecule has 0 aliphatic heterocycles. The molecule has 0 spiro atoms. The Morgan fingerprint density at radius 1 is 0.933 bits per heavy atom. The van der Waals surface area contributed by atoms with Crippen molar-refractivity contribution in [1.82, 2.24) is 0 Å². The molecule has 0 bridgehead atoms. The molecular formula is C12H11NO2. The van der Waals surface area contributed by atoms with E-state index in [2.05, 4.69) is 0 Å². The Bertz CT molecular complexity index is 446. The van der Waals surface area contributed by atoms with Crippen molar-refractivity contribution in [2.75, 3.05) is 0 Å². The molecule has 0 saturated heterocycles. The minimum absolute atomic E-state index is 0.421. The van der Waals surface area contributed by atoms with Crippen molar-refractivity contribution in [3.8, 4) is 6.07 Å². The number of hydrogen-bond acceptors (Lipinski definition) is 3. The lowest BCUT2D eigenvalue weighted by Gasteiger charge is -2.12. The number of benzene rings is 1. The normalized spacial score (nSPS) is 9.47. The van der Waals surface area contributed by atoms with Gasteiger partial charge in [0, 0.05) is 11.1 Å². The number of nitrogens with zero attached hydrogens (tertiary/aromatic N) is 1. The van der Waals surface area contributed by atoms with Crippen LogP contribution in [0, 0.1) is 32.1 Å². The topological polar surface area (TPSA) is 57.9 Å². The fourth-order valence-electron chi connectivity index (χ4n) is 1.78. The Kier molecular flexibility index (Phi) is 3.01. The van der Waals surface area contributed by atoms with Crippen molar-refractivity contribution in [3.63, 3.8) is 0 Å². The highest BCUT2D eigenvalue weighted by Crippen LogP contribution is 2.24. The monoisotopic (exact) mass is 201 g/mol. The van der Waals surface area contributed by atoms with Gasteiger partial charge in [-0.3, -0.25) is 9.59 Å². The zero-order chi connectivity index (χ0) is 11.6. The van der Waals surface area contributed by atoms with Crippen molar-refractivity contribution in [1.29, 1.82) is 5.26 Å². The first-order chi connectivity index (χ1) is 7.08. The maximum Gasteiger partial charge on any atom is 0.150 e. The molecule has 0 aliphatic carbocycles. The van der Waals surface area contributed by atoms with E-state index < -0.39 is 0 Å². The lowest BCUT2D eigenvalue weighted by molar-refractivity contribution is 0.112. The molecule has 0 heterocycles. The molecule has 3 nitrogen and oxygen atoms in total. The Morgan fingerprint density at radius 3 is 1.60 bits per heavy atom. The molecule has 0 saturated carbocycles. The summed E-state index contributed by atoms with van der Waals surface area (Å²) in [6.45, 7) is 5.16. The van der Waals surface area contributed by atoms with Gasteiger partial charge in [-0.15, -0.1) is 0 Å². The van der Waals surface area contributed by atoms with Gasteiger partial charge in [0.1, 0.15) is 0 Å². The number of hydrogen-bond donors (Lipinski definition) is 0. The van der Waals surface area contributed by atoms with Crippen molar-refractivity contribution < 1.29 is 9.59 Å². The highest BCUT2D eigenvalue weighted by atomic mass is 16.1. The van der Waals surface area contributed by atoms with Crippen LogP contribution in [0.15, 0.2) is 0 Å². The molecule has 0 unspecified atom stereocenters. The van der Waals surface area contributed by atoms with E-state index in [0.29, 0.717) is 46.0 Å². The molecule has 76 valence electrons. The number of nitriles is 1. The molecular weight excluding hydrogens is 190 g/mol. The summed E-state index contributed by atoms with van der Waals surface area (Å²) in [5.74, 6) is 0. The molecule has 0 N–H and O–H groups in total. The van der Waals surface area contributed by atoms with Crippen LogP contribution in [0.3, 0.4) is 0 Å². The molecule has 1 aromatic carbocycles. The molecule has 1 aromatic rings. The van der Waals surface area contributed by atoms with Crippen molar-refractivity contribution in [2.45, 2.75) is 20.8 Å². The van der Waals surface area contributed by atoms with Gasteiger partial charge in [-0.25, -0.2) is 0 Å². The molecule has 3 heteroatoms. The number of carbonyl (C=O) groups excluding carboxylic acids is 2. The molecule has 1 rings (SSSR count).